The Bertz CT molecular complexity index is 766. The molecular formula is C21H31Cl2N5O. The first-order chi connectivity index (χ1) is 13.2. The number of nitrogens with zero attached hydrogens (tertiary/aromatic N) is 5. The fraction of sp³-hybridized carbons (Fsp3) is 0.524. The molecule has 160 valence electrons. The average Bonchev–Trinajstić information content (AvgIpc) is 2.70. The number of anilines is 1. The molecule has 6 nitrogen and oxygen atoms in total. The summed E-state index contributed by atoms with van der Waals surface area (Å²) in [6.45, 7) is 9.82. The number of fused-ring (bicyclic) bond motifs is 1. The average molecular weight is 440 g/mol. The first kappa shape index (κ1) is 23.7. The molecular weight excluding hydrogens is 409 g/mol. The summed E-state index contributed by atoms with van der Waals surface area (Å²) >= 11 is 0. The van der Waals surface area contributed by atoms with E-state index in [1.54, 1.807) is 0 Å². The molecule has 0 N–H and O–H groups in total. The Hall–Kier alpha value is -1.60. The lowest BCUT2D eigenvalue weighted by Crippen LogP contribution is -2.45. The number of rotatable bonds is 5. The molecule has 0 spiro atoms. The Morgan fingerprint density at radius 2 is 1.72 bits per heavy atom. The predicted molar refractivity (Wildman–Crippen MR) is 122 cm³/mol. The molecule has 1 aromatic carbocycles. The normalized spacial score (nSPS) is 17.1. The Morgan fingerprint density at radius 1 is 1.00 bits per heavy atom. The van der Waals surface area contributed by atoms with Crippen LogP contribution in [0.1, 0.15) is 23.7 Å². The summed E-state index contributed by atoms with van der Waals surface area (Å²) in [6.07, 6.45) is 3.04. The van der Waals surface area contributed by atoms with Gasteiger partial charge in [-0.2, -0.15) is 0 Å². The van der Waals surface area contributed by atoms with E-state index < -0.39 is 0 Å². The standard InChI is InChI=1S/C21H29N5O.2ClH/c1-3-27-19-6-4-17(5-7-19)15-25-9-8-20-18(16-25)14-22-21(23-20)26-12-10-24(2)11-13-26;;/h4-7,14H,3,8-13,15-16H2,1-2H3;2*1H. The van der Waals surface area contributed by atoms with Gasteiger partial charge in [0.15, 0.2) is 0 Å². The van der Waals surface area contributed by atoms with E-state index in [4.69, 9.17) is 9.72 Å². The van der Waals surface area contributed by atoms with E-state index in [-0.39, 0.29) is 24.8 Å². The van der Waals surface area contributed by atoms with Crippen molar-refractivity contribution in [3.63, 3.8) is 0 Å². The molecule has 0 aliphatic carbocycles. The number of hydrogen-bond donors (Lipinski definition) is 0. The maximum absolute atomic E-state index is 5.53. The summed E-state index contributed by atoms with van der Waals surface area (Å²) < 4.78 is 5.53. The minimum absolute atomic E-state index is 0. The van der Waals surface area contributed by atoms with Crippen LogP contribution in [-0.2, 0) is 19.5 Å². The molecule has 0 unspecified atom stereocenters. The predicted octanol–water partition coefficient (Wildman–Crippen LogP) is 3.03. The fourth-order valence-corrected chi connectivity index (χ4v) is 3.77. The van der Waals surface area contributed by atoms with E-state index in [9.17, 15) is 0 Å². The fourth-order valence-electron chi connectivity index (χ4n) is 3.77. The maximum Gasteiger partial charge on any atom is 0.225 e. The molecule has 8 heteroatoms. The van der Waals surface area contributed by atoms with Crippen molar-refractivity contribution >= 4 is 30.8 Å². The molecule has 29 heavy (non-hydrogen) atoms. The lowest BCUT2D eigenvalue weighted by Gasteiger charge is -2.33. The second-order valence-electron chi connectivity index (χ2n) is 7.47. The quantitative estimate of drug-likeness (QED) is 0.713. The summed E-state index contributed by atoms with van der Waals surface area (Å²) in [5, 5.41) is 0. The minimum Gasteiger partial charge on any atom is -0.494 e. The summed E-state index contributed by atoms with van der Waals surface area (Å²) in [4.78, 5) is 16.7. The largest absolute Gasteiger partial charge is 0.494 e. The Kier molecular flexibility index (Phi) is 8.96. The monoisotopic (exact) mass is 439 g/mol. The van der Waals surface area contributed by atoms with Crippen LogP contribution in [0, 0.1) is 0 Å². The van der Waals surface area contributed by atoms with Crippen LogP contribution in [0.3, 0.4) is 0 Å². The van der Waals surface area contributed by atoms with Crippen molar-refractivity contribution in [2.45, 2.75) is 26.4 Å². The van der Waals surface area contributed by atoms with Gasteiger partial charge in [0.1, 0.15) is 5.75 Å². The lowest BCUT2D eigenvalue weighted by atomic mass is 10.1. The van der Waals surface area contributed by atoms with Crippen molar-refractivity contribution in [1.29, 1.82) is 0 Å². The van der Waals surface area contributed by atoms with Gasteiger partial charge < -0.3 is 14.5 Å². The highest BCUT2D eigenvalue weighted by molar-refractivity contribution is 5.85. The van der Waals surface area contributed by atoms with E-state index in [1.807, 2.05) is 13.1 Å². The molecule has 4 rings (SSSR count). The van der Waals surface area contributed by atoms with Crippen molar-refractivity contribution in [3.05, 3.63) is 47.3 Å². The zero-order valence-corrected chi connectivity index (χ0v) is 18.8. The van der Waals surface area contributed by atoms with Crippen molar-refractivity contribution in [2.75, 3.05) is 51.3 Å². The lowest BCUT2D eigenvalue weighted by molar-refractivity contribution is 0.242. The van der Waals surface area contributed by atoms with Crippen molar-refractivity contribution in [3.8, 4) is 5.75 Å². The van der Waals surface area contributed by atoms with Gasteiger partial charge in [-0.05, 0) is 31.7 Å². The highest BCUT2D eigenvalue weighted by Gasteiger charge is 2.21. The van der Waals surface area contributed by atoms with Gasteiger partial charge in [0.25, 0.3) is 0 Å². The van der Waals surface area contributed by atoms with Gasteiger partial charge in [-0.15, -0.1) is 24.8 Å². The van der Waals surface area contributed by atoms with Gasteiger partial charge in [-0.1, -0.05) is 12.1 Å². The van der Waals surface area contributed by atoms with Crippen LogP contribution in [0.2, 0.25) is 0 Å². The second-order valence-corrected chi connectivity index (χ2v) is 7.47. The van der Waals surface area contributed by atoms with Crippen molar-refractivity contribution < 1.29 is 4.74 Å². The van der Waals surface area contributed by atoms with Gasteiger partial charge in [0.2, 0.25) is 5.95 Å². The zero-order chi connectivity index (χ0) is 18.6. The van der Waals surface area contributed by atoms with Gasteiger partial charge in [0.05, 0.1) is 12.3 Å². The molecule has 2 aromatic rings. The number of aromatic nitrogens is 2. The van der Waals surface area contributed by atoms with Crippen LogP contribution in [-0.4, -0.2) is 66.1 Å². The van der Waals surface area contributed by atoms with Crippen LogP contribution >= 0.6 is 24.8 Å². The summed E-state index contributed by atoms with van der Waals surface area (Å²) in [5.41, 5.74) is 3.81. The van der Waals surface area contributed by atoms with Gasteiger partial charge in [0, 0.05) is 64.0 Å². The second kappa shape index (κ2) is 11.0. The molecule has 0 amide bonds. The molecule has 3 heterocycles. The SMILES string of the molecule is CCOc1ccc(CN2CCc3nc(N4CCN(C)CC4)ncc3C2)cc1.Cl.Cl. The molecule has 0 atom stereocenters. The summed E-state index contributed by atoms with van der Waals surface area (Å²) in [7, 11) is 2.17. The molecule has 0 radical (unpaired) electrons. The number of likely N-dealkylation sites (N-methyl/N-ethyl adjacent to an activating group) is 1. The molecule has 1 aromatic heterocycles. The van der Waals surface area contributed by atoms with Crippen LogP contribution in [0.5, 0.6) is 5.75 Å². The topological polar surface area (TPSA) is 44.7 Å². The van der Waals surface area contributed by atoms with E-state index in [2.05, 4.69) is 51.0 Å². The van der Waals surface area contributed by atoms with Gasteiger partial charge >= 0.3 is 0 Å². The zero-order valence-electron chi connectivity index (χ0n) is 17.2. The molecule has 2 aliphatic heterocycles. The van der Waals surface area contributed by atoms with Crippen LogP contribution in [0.15, 0.2) is 30.5 Å². The van der Waals surface area contributed by atoms with Gasteiger partial charge in [-0.25, -0.2) is 9.97 Å². The molecule has 2 aliphatic rings. The maximum atomic E-state index is 5.53. The van der Waals surface area contributed by atoms with Gasteiger partial charge in [-0.3, -0.25) is 4.90 Å². The first-order valence-electron chi connectivity index (χ1n) is 9.93. The third-order valence-electron chi connectivity index (χ3n) is 5.43. The Labute approximate surface area is 186 Å². The third-order valence-corrected chi connectivity index (χ3v) is 5.43. The molecule has 1 saturated heterocycles. The Balaban J connectivity index is 0.00000150. The number of halogens is 2. The Morgan fingerprint density at radius 3 is 2.41 bits per heavy atom. The first-order valence-corrected chi connectivity index (χ1v) is 9.93. The van der Waals surface area contributed by atoms with Crippen LogP contribution in [0.25, 0.3) is 0 Å². The highest BCUT2D eigenvalue weighted by Crippen LogP contribution is 2.22. The van der Waals surface area contributed by atoms with E-state index in [0.717, 1.165) is 63.9 Å². The minimum atomic E-state index is 0. The molecule has 1 fully saturated rings. The van der Waals surface area contributed by atoms with Crippen LogP contribution < -0.4 is 9.64 Å². The van der Waals surface area contributed by atoms with Crippen LogP contribution in [0.4, 0.5) is 5.95 Å². The summed E-state index contributed by atoms with van der Waals surface area (Å²) in [6, 6.07) is 8.44. The van der Waals surface area contributed by atoms with Crippen molar-refractivity contribution in [1.82, 2.24) is 19.8 Å². The molecule has 0 saturated carbocycles. The smallest absolute Gasteiger partial charge is 0.225 e. The van der Waals surface area contributed by atoms with Crippen molar-refractivity contribution in [2.24, 2.45) is 0 Å². The van der Waals surface area contributed by atoms with E-state index in [1.165, 1.54) is 16.8 Å². The highest BCUT2D eigenvalue weighted by atomic mass is 35.5. The number of piperazine rings is 1. The number of hydrogen-bond acceptors (Lipinski definition) is 6. The van der Waals surface area contributed by atoms with E-state index in [0.29, 0.717) is 6.61 Å². The third kappa shape index (κ3) is 5.95. The molecule has 0 bridgehead atoms. The summed E-state index contributed by atoms with van der Waals surface area (Å²) in [5.74, 6) is 1.84. The van der Waals surface area contributed by atoms with E-state index >= 15 is 0 Å². The number of benzene rings is 1. The number of ether oxygens (including phenoxy) is 1.